The van der Waals surface area contributed by atoms with Crippen molar-refractivity contribution in [2.45, 2.75) is 115 Å². The first-order chi connectivity index (χ1) is 19.2. The number of benzene rings is 3. The molecule has 3 aromatic carbocycles. The maximum absolute atomic E-state index is 16.5. The van der Waals surface area contributed by atoms with Gasteiger partial charge in [0.25, 0.3) is 0 Å². The average Bonchev–Trinajstić information content (AvgIpc) is 2.83. The molecule has 0 aliphatic carbocycles. The Hall–Kier alpha value is -1.87. The van der Waals surface area contributed by atoms with E-state index in [1.54, 1.807) is 24.3 Å². The zero-order chi connectivity index (χ0) is 31.4. The SMILES string of the molecule is CC(C)(C)c1cc2c(c(C(C)(C)C)c1)OP(F)N(c1ccccc1)P(F)Oc1c(cc(C(C)(C)C)cc1C(C)(C)C)S2. The highest BCUT2D eigenvalue weighted by atomic mass is 32.2. The first kappa shape index (κ1) is 33.0. The van der Waals surface area contributed by atoms with Gasteiger partial charge in [-0.1, -0.05) is 125 Å². The van der Waals surface area contributed by atoms with Crippen molar-refractivity contribution in [1.29, 1.82) is 0 Å². The van der Waals surface area contributed by atoms with Gasteiger partial charge in [-0.25, -0.2) is 4.44 Å². The summed E-state index contributed by atoms with van der Waals surface area (Å²) in [7, 11) is -5.87. The van der Waals surface area contributed by atoms with Gasteiger partial charge in [0, 0.05) is 11.1 Å². The Labute approximate surface area is 258 Å². The monoisotopic (exact) mass is 631 g/mol. The number of halogens is 2. The summed E-state index contributed by atoms with van der Waals surface area (Å²) >= 11 is 1.48. The third-order valence-corrected chi connectivity index (χ3v) is 10.9. The predicted molar refractivity (Wildman–Crippen MR) is 178 cm³/mol. The molecule has 0 spiro atoms. The fraction of sp³-hybridized carbons (Fsp3) is 0.471. The maximum atomic E-state index is 16.5. The van der Waals surface area contributed by atoms with Crippen LogP contribution in [-0.4, -0.2) is 0 Å². The summed E-state index contributed by atoms with van der Waals surface area (Å²) in [5.74, 6) is 0.925. The van der Waals surface area contributed by atoms with Crippen molar-refractivity contribution < 1.29 is 17.4 Å². The van der Waals surface area contributed by atoms with E-state index in [-0.39, 0.29) is 21.7 Å². The molecule has 2 unspecified atom stereocenters. The lowest BCUT2D eigenvalue weighted by molar-refractivity contribution is 0.488. The van der Waals surface area contributed by atoms with E-state index in [2.05, 4.69) is 107 Å². The molecule has 2 atom stereocenters. The number of hydrogen-bond acceptors (Lipinski definition) is 4. The Morgan fingerprint density at radius 2 is 0.952 bits per heavy atom. The largest absolute Gasteiger partial charge is 0.427 e. The Morgan fingerprint density at radius 3 is 1.29 bits per heavy atom. The molecule has 0 amide bonds. The van der Waals surface area contributed by atoms with Gasteiger partial charge in [-0.2, -0.15) is 8.39 Å². The van der Waals surface area contributed by atoms with Gasteiger partial charge >= 0.3 is 17.2 Å². The van der Waals surface area contributed by atoms with Crippen molar-refractivity contribution in [1.82, 2.24) is 0 Å². The summed E-state index contributed by atoms with van der Waals surface area (Å²) in [6, 6.07) is 17.2. The van der Waals surface area contributed by atoms with Crippen molar-refractivity contribution in [3.63, 3.8) is 0 Å². The maximum Gasteiger partial charge on any atom is 0.402 e. The van der Waals surface area contributed by atoms with Crippen LogP contribution < -0.4 is 13.5 Å². The first-order valence-corrected chi connectivity index (χ1v) is 17.4. The standard InChI is InChI=1S/C34H45F2NO2P2S/c1-31(2,3)22-18-25(33(7,8)9)29-27(20-22)42-28-21-23(32(4,5)6)19-26(34(10,11)12)30(28)39-41(36)37(40(35)38-29)24-16-14-13-15-17-24/h13-21H,1-12H3. The number of rotatable bonds is 1. The second kappa shape index (κ2) is 11.6. The molecular weight excluding hydrogens is 586 g/mol. The third kappa shape index (κ3) is 7.09. The Morgan fingerprint density at radius 1 is 0.571 bits per heavy atom. The lowest BCUT2D eigenvalue weighted by Gasteiger charge is -2.35. The average molecular weight is 632 g/mol. The molecule has 1 aliphatic heterocycles. The van der Waals surface area contributed by atoms with E-state index in [1.165, 1.54) is 11.8 Å². The van der Waals surface area contributed by atoms with Crippen molar-refractivity contribution in [3.8, 4) is 11.5 Å². The van der Waals surface area contributed by atoms with E-state index < -0.39 is 17.2 Å². The summed E-state index contributed by atoms with van der Waals surface area (Å²) in [5.41, 5.74) is 3.40. The fourth-order valence-corrected chi connectivity index (χ4v) is 8.03. The van der Waals surface area contributed by atoms with E-state index in [1.807, 2.05) is 6.07 Å². The Kier molecular flexibility index (Phi) is 9.10. The van der Waals surface area contributed by atoms with E-state index in [0.29, 0.717) is 17.2 Å². The number of fused-ring (bicyclic) bond motifs is 2. The highest BCUT2D eigenvalue weighted by Crippen LogP contribution is 2.65. The fourth-order valence-electron chi connectivity index (χ4n) is 4.67. The van der Waals surface area contributed by atoms with Gasteiger partial charge in [0.05, 0.1) is 15.5 Å². The summed E-state index contributed by atoms with van der Waals surface area (Å²) in [6.07, 6.45) is 0. The Bertz CT molecular complexity index is 1350. The lowest BCUT2D eigenvalue weighted by Crippen LogP contribution is -2.21. The quantitative estimate of drug-likeness (QED) is 0.249. The molecule has 0 bridgehead atoms. The molecule has 0 aromatic heterocycles. The van der Waals surface area contributed by atoms with Crippen LogP contribution in [0.3, 0.4) is 0 Å². The zero-order valence-electron chi connectivity index (χ0n) is 27.0. The normalized spacial score (nSPS) is 18.5. The van der Waals surface area contributed by atoms with Gasteiger partial charge in [-0.05, 0) is 57.1 Å². The van der Waals surface area contributed by atoms with Crippen LogP contribution in [0.4, 0.5) is 14.1 Å². The van der Waals surface area contributed by atoms with Gasteiger partial charge in [-0.15, -0.1) is 0 Å². The smallest absolute Gasteiger partial charge is 0.402 e. The van der Waals surface area contributed by atoms with E-state index >= 15 is 8.39 Å². The van der Waals surface area contributed by atoms with Gasteiger partial charge < -0.3 is 9.05 Å². The Balaban J connectivity index is 2.12. The van der Waals surface area contributed by atoms with Crippen LogP contribution in [0.25, 0.3) is 0 Å². The number of nitrogens with zero attached hydrogens (tertiary/aromatic N) is 1. The van der Waals surface area contributed by atoms with Crippen molar-refractivity contribution in [2.75, 3.05) is 4.44 Å². The molecule has 0 radical (unpaired) electrons. The van der Waals surface area contributed by atoms with Crippen molar-refractivity contribution in [2.24, 2.45) is 0 Å². The number of hydrogen-bond donors (Lipinski definition) is 0. The van der Waals surface area contributed by atoms with E-state index in [9.17, 15) is 0 Å². The van der Waals surface area contributed by atoms with Crippen molar-refractivity contribution in [3.05, 3.63) is 76.9 Å². The molecule has 228 valence electrons. The summed E-state index contributed by atoms with van der Waals surface area (Å²) in [5, 5.41) is 0. The molecule has 3 aromatic rings. The highest BCUT2D eigenvalue weighted by Gasteiger charge is 2.40. The molecule has 4 rings (SSSR count). The molecule has 0 N–H and O–H groups in total. The zero-order valence-corrected chi connectivity index (χ0v) is 29.6. The third-order valence-electron chi connectivity index (χ3n) is 7.30. The van der Waals surface area contributed by atoms with Crippen LogP contribution in [-0.2, 0) is 21.7 Å². The van der Waals surface area contributed by atoms with Crippen LogP contribution in [0, 0.1) is 0 Å². The summed E-state index contributed by atoms with van der Waals surface area (Å²) in [4.78, 5) is 1.60. The molecule has 1 heterocycles. The second-order valence-corrected chi connectivity index (χ2v) is 18.5. The van der Waals surface area contributed by atoms with Gasteiger partial charge in [0.15, 0.2) is 0 Å². The molecular formula is C34H45F2NO2P2S. The second-order valence-electron chi connectivity index (χ2n) is 15.1. The molecule has 3 nitrogen and oxygen atoms in total. The molecule has 0 fully saturated rings. The lowest BCUT2D eigenvalue weighted by atomic mass is 9.80. The minimum atomic E-state index is -2.93. The van der Waals surface area contributed by atoms with Crippen molar-refractivity contribution >= 4 is 34.7 Å². The van der Waals surface area contributed by atoms with Gasteiger partial charge in [0.1, 0.15) is 11.5 Å². The number of anilines is 1. The van der Waals surface area contributed by atoms with Crippen LogP contribution in [0.1, 0.15) is 105 Å². The highest BCUT2D eigenvalue weighted by molar-refractivity contribution is 7.99. The minimum Gasteiger partial charge on any atom is -0.427 e. The molecule has 0 saturated carbocycles. The number of para-hydroxylation sites is 1. The molecule has 1 aliphatic rings. The van der Waals surface area contributed by atoms with E-state index in [4.69, 9.17) is 9.05 Å². The molecule has 0 saturated heterocycles. The van der Waals surface area contributed by atoms with E-state index in [0.717, 1.165) is 36.5 Å². The van der Waals surface area contributed by atoms with Crippen LogP contribution in [0.15, 0.2) is 64.4 Å². The molecule has 42 heavy (non-hydrogen) atoms. The van der Waals surface area contributed by atoms with Crippen LogP contribution in [0.5, 0.6) is 11.5 Å². The van der Waals surface area contributed by atoms with Crippen LogP contribution in [0.2, 0.25) is 0 Å². The van der Waals surface area contributed by atoms with Gasteiger partial charge in [0.2, 0.25) is 0 Å². The topological polar surface area (TPSA) is 21.7 Å². The van der Waals surface area contributed by atoms with Gasteiger partial charge in [-0.3, -0.25) is 0 Å². The summed E-state index contributed by atoms with van der Waals surface area (Å²) < 4.78 is 46.6. The van der Waals surface area contributed by atoms with Crippen LogP contribution >= 0.6 is 29.0 Å². The minimum absolute atomic E-state index is 0.155. The summed E-state index contributed by atoms with van der Waals surface area (Å²) in [6.45, 7) is 25.7. The first-order valence-electron chi connectivity index (χ1n) is 14.4. The molecule has 8 heteroatoms. The predicted octanol–water partition coefficient (Wildman–Crippen LogP) is 12.7.